The molecule has 0 radical (unpaired) electrons. The molecule has 2 aliphatic rings. The van der Waals surface area contributed by atoms with Gasteiger partial charge in [0, 0.05) is 12.6 Å². The monoisotopic (exact) mass is 384 g/mol. The highest BCUT2D eigenvalue weighted by molar-refractivity contribution is 5.85. The maximum absolute atomic E-state index is 13.6. The lowest BCUT2D eigenvalue weighted by Crippen LogP contribution is -2.47. The second kappa shape index (κ2) is 8.82. The highest BCUT2D eigenvalue weighted by atomic mass is 35.5. The van der Waals surface area contributed by atoms with Gasteiger partial charge in [0.1, 0.15) is 11.9 Å². The Morgan fingerprint density at radius 3 is 2.73 bits per heavy atom. The molecule has 0 spiro atoms. The third kappa shape index (κ3) is 4.54. The molecule has 144 valence electrons. The molecule has 3 rings (SSSR count). The van der Waals surface area contributed by atoms with Gasteiger partial charge in [-0.05, 0) is 49.3 Å². The van der Waals surface area contributed by atoms with E-state index < -0.39 is 12.0 Å². The number of fused-ring (bicyclic) bond motifs is 1. The molecule has 0 bridgehead atoms. The van der Waals surface area contributed by atoms with Crippen molar-refractivity contribution in [3.63, 3.8) is 0 Å². The fourth-order valence-electron chi connectivity index (χ4n) is 4.19. The highest BCUT2D eigenvalue weighted by Gasteiger charge is 2.45. The van der Waals surface area contributed by atoms with Gasteiger partial charge in [-0.2, -0.15) is 0 Å². The molecule has 3 unspecified atom stereocenters. The highest BCUT2D eigenvalue weighted by Crippen LogP contribution is 2.39. The number of carbonyl (C=O) groups excluding carboxylic acids is 1. The second-order valence-electron chi connectivity index (χ2n) is 7.23. The van der Waals surface area contributed by atoms with Gasteiger partial charge in [0.15, 0.2) is 0 Å². The van der Waals surface area contributed by atoms with E-state index in [2.05, 4.69) is 5.32 Å². The van der Waals surface area contributed by atoms with Crippen molar-refractivity contribution in [2.24, 2.45) is 5.92 Å². The van der Waals surface area contributed by atoms with Crippen molar-refractivity contribution in [1.82, 2.24) is 10.2 Å². The summed E-state index contributed by atoms with van der Waals surface area (Å²) < 4.78 is 13.6. The smallest absolute Gasteiger partial charge is 0.320 e. The molecule has 2 N–H and O–H groups in total. The number of carbonyl (C=O) groups is 2. The average molecular weight is 385 g/mol. The van der Waals surface area contributed by atoms with Crippen LogP contribution < -0.4 is 5.32 Å². The number of aryl methyl sites for hydroxylation is 1. The van der Waals surface area contributed by atoms with Crippen molar-refractivity contribution in [2.75, 3.05) is 6.54 Å². The Kier molecular flexibility index (Phi) is 7.01. The van der Waals surface area contributed by atoms with Crippen molar-refractivity contribution in [2.45, 2.75) is 57.7 Å². The number of benzene rings is 1. The lowest BCUT2D eigenvalue weighted by atomic mass is 9.85. The van der Waals surface area contributed by atoms with Crippen molar-refractivity contribution in [3.05, 3.63) is 35.1 Å². The zero-order chi connectivity index (χ0) is 18.0. The van der Waals surface area contributed by atoms with E-state index in [0.29, 0.717) is 23.5 Å². The minimum Gasteiger partial charge on any atom is -0.480 e. The van der Waals surface area contributed by atoms with E-state index in [1.165, 1.54) is 6.07 Å². The summed E-state index contributed by atoms with van der Waals surface area (Å²) in [4.78, 5) is 25.8. The minimum absolute atomic E-state index is 0. The summed E-state index contributed by atoms with van der Waals surface area (Å²) in [7, 11) is 0. The van der Waals surface area contributed by atoms with Crippen LogP contribution in [0.2, 0.25) is 0 Å². The van der Waals surface area contributed by atoms with E-state index in [9.17, 15) is 19.1 Å². The molecule has 1 saturated heterocycles. The molecule has 1 aromatic rings. The predicted molar refractivity (Wildman–Crippen MR) is 98.7 cm³/mol. The van der Waals surface area contributed by atoms with Crippen LogP contribution in [0.5, 0.6) is 0 Å². The van der Waals surface area contributed by atoms with Crippen molar-refractivity contribution >= 4 is 24.3 Å². The zero-order valence-corrected chi connectivity index (χ0v) is 15.7. The van der Waals surface area contributed by atoms with Gasteiger partial charge in [0.05, 0.1) is 6.54 Å². The van der Waals surface area contributed by atoms with Crippen LogP contribution in [0.3, 0.4) is 0 Å². The van der Waals surface area contributed by atoms with Gasteiger partial charge < -0.3 is 10.4 Å². The molecule has 0 aromatic heterocycles. The number of aliphatic carboxylic acids is 1. The van der Waals surface area contributed by atoms with E-state index in [1.54, 1.807) is 19.1 Å². The molecule has 1 saturated carbocycles. The fourth-order valence-corrected chi connectivity index (χ4v) is 4.19. The van der Waals surface area contributed by atoms with Gasteiger partial charge in [-0.15, -0.1) is 12.4 Å². The van der Waals surface area contributed by atoms with Gasteiger partial charge in [-0.1, -0.05) is 25.0 Å². The third-order valence-corrected chi connectivity index (χ3v) is 5.56. The van der Waals surface area contributed by atoms with Crippen LogP contribution >= 0.6 is 12.4 Å². The summed E-state index contributed by atoms with van der Waals surface area (Å²) in [5.41, 5.74) is 1.27. The standard InChI is InChI=1S/C19H25FN2O3.ClH/c1-12-6-7-13(8-15(12)20)10-21-18(23)11-22-16-5-3-2-4-14(16)9-17(22)19(24)25;/h6-8,14,16-17H,2-5,9-11H2,1H3,(H,21,23)(H,24,25);1H. The summed E-state index contributed by atoms with van der Waals surface area (Å²) in [5.74, 6) is -0.961. The number of rotatable bonds is 5. The first kappa shape index (κ1) is 20.6. The molecular weight excluding hydrogens is 359 g/mol. The Bertz CT molecular complexity index is 670. The maximum Gasteiger partial charge on any atom is 0.320 e. The predicted octanol–water partition coefficient (Wildman–Crippen LogP) is 2.89. The number of amides is 1. The lowest BCUT2D eigenvalue weighted by molar-refractivity contribution is -0.143. The molecule has 26 heavy (non-hydrogen) atoms. The van der Waals surface area contributed by atoms with Crippen LogP contribution in [0.1, 0.15) is 43.2 Å². The first-order chi connectivity index (χ1) is 12.0. The largest absolute Gasteiger partial charge is 0.480 e. The number of likely N-dealkylation sites (tertiary alicyclic amines) is 1. The normalized spacial score (nSPS) is 25.2. The molecule has 1 aliphatic heterocycles. The van der Waals surface area contributed by atoms with Gasteiger partial charge >= 0.3 is 5.97 Å². The topological polar surface area (TPSA) is 69.6 Å². The van der Waals surface area contributed by atoms with Crippen LogP contribution in [0, 0.1) is 18.7 Å². The van der Waals surface area contributed by atoms with E-state index in [0.717, 1.165) is 25.7 Å². The van der Waals surface area contributed by atoms with Gasteiger partial charge in [0.25, 0.3) is 0 Å². The molecule has 1 aromatic carbocycles. The van der Waals surface area contributed by atoms with Crippen LogP contribution in [0.25, 0.3) is 0 Å². The Morgan fingerprint density at radius 2 is 2.04 bits per heavy atom. The van der Waals surface area contributed by atoms with Crippen molar-refractivity contribution in [3.8, 4) is 0 Å². The maximum atomic E-state index is 13.6. The molecule has 1 aliphatic carbocycles. The van der Waals surface area contributed by atoms with Crippen LogP contribution in [-0.2, 0) is 16.1 Å². The van der Waals surface area contributed by atoms with E-state index >= 15 is 0 Å². The first-order valence-corrected chi connectivity index (χ1v) is 8.96. The quantitative estimate of drug-likeness (QED) is 0.819. The number of carboxylic acid groups (broad SMARTS) is 1. The number of hydrogen-bond acceptors (Lipinski definition) is 3. The van der Waals surface area contributed by atoms with Crippen molar-refractivity contribution < 1.29 is 19.1 Å². The average Bonchev–Trinajstić information content (AvgIpc) is 2.95. The summed E-state index contributed by atoms with van der Waals surface area (Å²) in [6.07, 6.45) is 4.89. The van der Waals surface area contributed by atoms with Gasteiger partial charge in [0.2, 0.25) is 5.91 Å². The molecule has 1 heterocycles. The Hall–Kier alpha value is -1.66. The molecule has 3 atom stereocenters. The molecule has 2 fully saturated rings. The fraction of sp³-hybridized carbons (Fsp3) is 0.579. The Balaban J connectivity index is 0.00000243. The number of carboxylic acids is 1. The van der Waals surface area contributed by atoms with Crippen LogP contribution in [-0.4, -0.2) is 40.5 Å². The summed E-state index contributed by atoms with van der Waals surface area (Å²) in [6.45, 7) is 2.03. The third-order valence-electron chi connectivity index (χ3n) is 5.56. The Morgan fingerprint density at radius 1 is 1.31 bits per heavy atom. The van der Waals surface area contributed by atoms with Crippen LogP contribution in [0.15, 0.2) is 18.2 Å². The van der Waals surface area contributed by atoms with Crippen molar-refractivity contribution in [1.29, 1.82) is 0 Å². The summed E-state index contributed by atoms with van der Waals surface area (Å²) in [6, 6.07) is 4.51. The summed E-state index contributed by atoms with van der Waals surface area (Å²) >= 11 is 0. The first-order valence-electron chi connectivity index (χ1n) is 8.96. The SMILES string of the molecule is Cc1ccc(CNC(=O)CN2C(C(=O)O)CC3CCCCC32)cc1F.Cl. The second-order valence-corrected chi connectivity index (χ2v) is 7.23. The molecule has 1 amide bonds. The van der Waals surface area contributed by atoms with E-state index in [1.807, 2.05) is 4.90 Å². The van der Waals surface area contributed by atoms with E-state index in [4.69, 9.17) is 0 Å². The zero-order valence-electron chi connectivity index (χ0n) is 14.9. The summed E-state index contributed by atoms with van der Waals surface area (Å²) in [5, 5.41) is 12.3. The number of nitrogens with one attached hydrogen (secondary N) is 1. The van der Waals surface area contributed by atoms with Gasteiger partial charge in [-0.25, -0.2) is 4.39 Å². The Labute approximate surface area is 159 Å². The molecule has 5 nitrogen and oxygen atoms in total. The number of hydrogen-bond donors (Lipinski definition) is 2. The number of nitrogens with zero attached hydrogens (tertiary/aromatic N) is 1. The molecule has 7 heteroatoms. The molecular formula is C19H26ClFN2O3. The van der Waals surface area contributed by atoms with E-state index in [-0.39, 0.29) is 43.3 Å². The number of halogens is 2. The van der Waals surface area contributed by atoms with Gasteiger partial charge in [-0.3, -0.25) is 14.5 Å². The van der Waals surface area contributed by atoms with Crippen LogP contribution in [0.4, 0.5) is 4.39 Å². The lowest BCUT2D eigenvalue weighted by Gasteiger charge is -2.32. The minimum atomic E-state index is -0.845.